The van der Waals surface area contributed by atoms with Crippen LogP contribution >= 0.6 is 11.3 Å². The third-order valence-corrected chi connectivity index (χ3v) is 6.65. The van der Waals surface area contributed by atoms with Crippen LogP contribution < -0.4 is 5.32 Å². The van der Waals surface area contributed by atoms with Crippen molar-refractivity contribution < 1.29 is 4.79 Å². The zero-order valence-electron chi connectivity index (χ0n) is 20.1. The maximum absolute atomic E-state index is 13.4. The molecule has 0 aliphatic heterocycles. The average molecular weight is 478 g/mol. The molecule has 2 heterocycles. The first-order valence-corrected chi connectivity index (χ1v) is 12.7. The minimum Gasteiger partial charge on any atom is -0.298 e. The second-order valence-electron chi connectivity index (χ2n) is 9.23. The fourth-order valence-electron chi connectivity index (χ4n) is 4.23. The van der Waals surface area contributed by atoms with E-state index in [0.717, 1.165) is 45.4 Å². The number of carbonyl (C=O) groups is 1. The van der Waals surface area contributed by atoms with Gasteiger partial charge in [-0.25, -0.2) is 9.97 Å². The van der Waals surface area contributed by atoms with Crippen molar-refractivity contribution in [1.82, 2.24) is 9.97 Å². The van der Waals surface area contributed by atoms with E-state index in [-0.39, 0.29) is 5.91 Å². The average Bonchev–Trinajstić information content (AvgIpc) is 3.32. The molecule has 0 saturated carbocycles. The molecular weight excluding hydrogens is 450 g/mol. The molecule has 1 N–H and O–H groups in total. The lowest BCUT2D eigenvalue weighted by molar-refractivity contribution is 0.102. The molecule has 5 aromatic rings. The maximum atomic E-state index is 13.4. The quantitative estimate of drug-likeness (QED) is 0.272. The molecule has 5 heteroatoms. The molecule has 0 spiro atoms. The zero-order valence-corrected chi connectivity index (χ0v) is 20.9. The Hall–Kier alpha value is -3.83. The monoisotopic (exact) mass is 477 g/mol. The van der Waals surface area contributed by atoms with Crippen LogP contribution in [0.4, 0.5) is 5.13 Å². The van der Waals surface area contributed by atoms with Crippen molar-refractivity contribution >= 4 is 33.3 Å². The Balaban J connectivity index is 1.43. The molecule has 0 fully saturated rings. The van der Waals surface area contributed by atoms with E-state index in [1.165, 1.54) is 16.9 Å². The number of carbonyl (C=O) groups excluding carboxylic acids is 1. The van der Waals surface area contributed by atoms with E-state index in [1.807, 2.05) is 47.8 Å². The summed E-state index contributed by atoms with van der Waals surface area (Å²) in [6.45, 7) is 6.49. The minimum absolute atomic E-state index is 0.189. The van der Waals surface area contributed by atoms with E-state index in [0.29, 0.717) is 16.6 Å². The summed E-state index contributed by atoms with van der Waals surface area (Å²) in [5.74, 6) is 0.434. The third-order valence-electron chi connectivity index (χ3n) is 5.89. The highest BCUT2D eigenvalue weighted by molar-refractivity contribution is 7.14. The van der Waals surface area contributed by atoms with Crippen LogP contribution in [0.3, 0.4) is 0 Å². The van der Waals surface area contributed by atoms with Crippen molar-refractivity contribution in [1.29, 1.82) is 0 Å². The van der Waals surface area contributed by atoms with Gasteiger partial charge in [0.05, 0.1) is 22.5 Å². The lowest BCUT2D eigenvalue weighted by Crippen LogP contribution is -2.13. The fraction of sp³-hybridized carbons (Fsp3) is 0.167. The van der Waals surface area contributed by atoms with Gasteiger partial charge in [-0.15, -0.1) is 11.3 Å². The van der Waals surface area contributed by atoms with Gasteiger partial charge in [-0.1, -0.05) is 80.1 Å². The number of thiazole rings is 1. The number of aryl methyl sites for hydroxylation is 1. The van der Waals surface area contributed by atoms with Crippen LogP contribution in [0.2, 0.25) is 0 Å². The van der Waals surface area contributed by atoms with Crippen LogP contribution in [-0.4, -0.2) is 15.9 Å². The molecule has 0 aliphatic rings. The van der Waals surface area contributed by atoms with Gasteiger partial charge in [0.2, 0.25) is 0 Å². The second-order valence-corrected chi connectivity index (χ2v) is 10.1. The van der Waals surface area contributed by atoms with Gasteiger partial charge in [0.25, 0.3) is 5.91 Å². The number of para-hydroxylation sites is 1. The predicted molar refractivity (Wildman–Crippen MR) is 146 cm³/mol. The summed E-state index contributed by atoms with van der Waals surface area (Å²) >= 11 is 1.43. The van der Waals surface area contributed by atoms with Crippen molar-refractivity contribution in [3.05, 3.63) is 101 Å². The Morgan fingerprint density at radius 3 is 2.46 bits per heavy atom. The topological polar surface area (TPSA) is 54.9 Å². The molecule has 0 radical (unpaired) electrons. The minimum atomic E-state index is -0.189. The molecule has 35 heavy (non-hydrogen) atoms. The number of hydrogen-bond donors (Lipinski definition) is 1. The summed E-state index contributed by atoms with van der Waals surface area (Å²) in [5.41, 5.74) is 7.52. The van der Waals surface area contributed by atoms with Crippen LogP contribution in [0.25, 0.3) is 33.4 Å². The first-order chi connectivity index (χ1) is 17.0. The zero-order chi connectivity index (χ0) is 24.4. The Kier molecular flexibility index (Phi) is 6.43. The number of nitrogens with zero attached hydrogens (tertiary/aromatic N) is 2. The molecule has 0 unspecified atom stereocenters. The molecule has 174 valence electrons. The number of anilines is 1. The molecule has 0 bridgehead atoms. The summed E-state index contributed by atoms with van der Waals surface area (Å²) in [6, 6.07) is 26.3. The van der Waals surface area contributed by atoms with Crippen molar-refractivity contribution in [2.75, 3.05) is 5.32 Å². The van der Waals surface area contributed by atoms with Gasteiger partial charge in [0, 0.05) is 21.9 Å². The highest BCUT2D eigenvalue weighted by atomic mass is 32.1. The lowest BCUT2D eigenvalue weighted by Gasteiger charge is -2.10. The summed E-state index contributed by atoms with van der Waals surface area (Å²) in [6.07, 6.45) is 1.06. The molecule has 5 rings (SSSR count). The van der Waals surface area contributed by atoms with Crippen molar-refractivity contribution in [3.8, 4) is 22.5 Å². The summed E-state index contributed by atoms with van der Waals surface area (Å²) in [7, 11) is 0. The SMILES string of the molecule is Cc1cccc(-c2cc(C(=O)Nc3nc(-c4ccc(CC(C)C)cc4)cs3)c3ccccc3n2)c1. The van der Waals surface area contributed by atoms with Crippen LogP contribution in [-0.2, 0) is 6.42 Å². The smallest absolute Gasteiger partial charge is 0.258 e. The summed E-state index contributed by atoms with van der Waals surface area (Å²) in [4.78, 5) is 22.9. The van der Waals surface area contributed by atoms with E-state index < -0.39 is 0 Å². The Morgan fingerprint density at radius 1 is 0.886 bits per heavy atom. The van der Waals surface area contributed by atoms with Crippen LogP contribution in [0.15, 0.2) is 84.2 Å². The third kappa shape index (κ3) is 5.15. The molecule has 4 nitrogen and oxygen atoms in total. The standard InChI is InChI=1S/C30H27N3OS/c1-19(2)15-21-11-13-22(14-12-21)28-18-35-30(32-28)33-29(34)25-17-27(23-8-6-7-20(3)16-23)31-26-10-5-4-9-24(25)26/h4-14,16-19H,15H2,1-3H3,(H,32,33,34). The second kappa shape index (κ2) is 9.80. The summed E-state index contributed by atoms with van der Waals surface area (Å²) < 4.78 is 0. The number of aromatic nitrogens is 2. The lowest BCUT2D eigenvalue weighted by atomic mass is 10.0. The molecule has 3 aromatic carbocycles. The normalized spacial score (nSPS) is 11.2. The highest BCUT2D eigenvalue weighted by Crippen LogP contribution is 2.29. The van der Waals surface area contributed by atoms with E-state index in [4.69, 9.17) is 4.98 Å². The fourth-order valence-corrected chi connectivity index (χ4v) is 4.94. The Labute approximate surface area is 209 Å². The van der Waals surface area contributed by atoms with Gasteiger partial charge in [0.15, 0.2) is 5.13 Å². The van der Waals surface area contributed by atoms with Gasteiger partial charge < -0.3 is 0 Å². The van der Waals surface area contributed by atoms with Crippen LogP contribution in [0, 0.1) is 12.8 Å². The van der Waals surface area contributed by atoms with Gasteiger partial charge >= 0.3 is 0 Å². The van der Waals surface area contributed by atoms with Crippen LogP contribution in [0.5, 0.6) is 0 Å². The first-order valence-electron chi connectivity index (χ1n) is 11.8. The molecule has 1 amide bonds. The largest absolute Gasteiger partial charge is 0.298 e. The van der Waals surface area contributed by atoms with Crippen molar-refractivity contribution in [2.24, 2.45) is 5.92 Å². The van der Waals surface area contributed by atoms with Crippen molar-refractivity contribution in [2.45, 2.75) is 27.2 Å². The molecule has 0 saturated heterocycles. The molecule has 0 aliphatic carbocycles. The van der Waals surface area contributed by atoms with E-state index in [1.54, 1.807) is 0 Å². The number of benzene rings is 3. The number of hydrogen-bond acceptors (Lipinski definition) is 4. The number of pyridine rings is 1. The summed E-state index contributed by atoms with van der Waals surface area (Å²) in [5, 5.41) is 6.39. The van der Waals surface area contributed by atoms with E-state index in [2.05, 4.69) is 67.5 Å². The van der Waals surface area contributed by atoms with E-state index >= 15 is 0 Å². The number of nitrogens with one attached hydrogen (secondary N) is 1. The Bertz CT molecular complexity index is 1500. The van der Waals surface area contributed by atoms with Crippen molar-refractivity contribution in [3.63, 3.8) is 0 Å². The number of amides is 1. The molecule has 0 atom stereocenters. The number of rotatable bonds is 6. The van der Waals surface area contributed by atoms with Gasteiger partial charge in [-0.2, -0.15) is 0 Å². The van der Waals surface area contributed by atoms with Gasteiger partial charge in [-0.3, -0.25) is 10.1 Å². The predicted octanol–water partition coefficient (Wildman–Crippen LogP) is 7.78. The first kappa shape index (κ1) is 22.9. The molecular formula is C30H27N3OS. The van der Waals surface area contributed by atoms with Gasteiger partial charge in [-0.05, 0) is 43.0 Å². The maximum Gasteiger partial charge on any atom is 0.258 e. The van der Waals surface area contributed by atoms with Gasteiger partial charge in [0.1, 0.15) is 0 Å². The molecule has 2 aromatic heterocycles. The highest BCUT2D eigenvalue weighted by Gasteiger charge is 2.16. The van der Waals surface area contributed by atoms with E-state index in [9.17, 15) is 4.79 Å². The van der Waals surface area contributed by atoms with Crippen LogP contribution in [0.1, 0.15) is 35.3 Å². The number of fused-ring (bicyclic) bond motifs is 1. The Morgan fingerprint density at radius 2 is 1.69 bits per heavy atom.